The van der Waals surface area contributed by atoms with Crippen LogP contribution < -0.4 is 0 Å². The minimum absolute atomic E-state index is 0.346. The van der Waals surface area contributed by atoms with Crippen molar-refractivity contribution in [2.75, 3.05) is 0 Å². The molecule has 1 heterocycles. The van der Waals surface area contributed by atoms with E-state index in [4.69, 9.17) is 0 Å². The van der Waals surface area contributed by atoms with Gasteiger partial charge < -0.3 is 0 Å². The molecule has 0 saturated heterocycles. The van der Waals surface area contributed by atoms with Gasteiger partial charge in [-0.2, -0.15) is 0 Å². The van der Waals surface area contributed by atoms with Crippen LogP contribution in [-0.2, 0) is 11.8 Å². The van der Waals surface area contributed by atoms with E-state index in [9.17, 15) is 0 Å². The van der Waals surface area contributed by atoms with Crippen LogP contribution in [0.2, 0.25) is 0 Å². The average Bonchev–Trinajstić information content (AvgIpc) is 3.86. The maximum Gasteiger partial charge on any atom is 0.0722 e. The summed E-state index contributed by atoms with van der Waals surface area (Å²) in [6, 6.07) is 33.1. The van der Waals surface area contributed by atoms with Crippen molar-refractivity contribution < 1.29 is 0 Å². The van der Waals surface area contributed by atoms with Gasteiger partial charge in [0.25, 0.3) is 0 Å². The molecule has 0 fully saturated rings. The molecule has 5 aromatic rings. The van der Waals surface area contributed by atoms with E-state index in [-0.39, 0.29) is 5.41 Å². The largest absolute Gasteiger partial charge is 0.135 e. The van der Waals surface area contributed by atoms with Crippen LogP contribution in [0.3, 0.4) is 0 Å². The standard InChI is InChI=1S/C47H32S/c1-2-12-30-29(11-1)34-17-10-19-37-44(34)38(30)26-42-45(37)36-15-4-7-21-40(36)47(42)39-20-6-3-13-31(39)32-24-23-27(25-41(32)47)28-16-9-18-35-33-14-5-8-22-43(33)48-46(28)35/h1,3-4,6-11,13,15-26,37,44H,2,5,12,14H2/t37-,44?,47?/m1/s1. The lowest BCUT2D eigenvalue weighted by atomic mass is 9.65. The predicted molar refractivity (Wildman–Crippen MR) is 201 cm³/mol. The lowest BCUT2D eigenvalue weighted by Gasteiger charge is -2.37. The Bertz CT molecular complexity index is 2570. The quantitative estimate of drug-likeness (QED) is 0.173. The molecule has 48 heavy (non-hydrogen) atoms. The molecule has 1 spiro atoms. The van der Waals surface area contributed by atoms with Gasteiger partial charge >= 0.3 is 0 Å². The second-order valence-corrected chi connectivity index (χ2v) is 15.5. The molecule has 7 aliphatic carbocycles. The summed E-state index contributed by atoms with van der Waals surface area (Å²) in [4.78, 5) is 1.44. The molecule has 226 valence electrons. The highest BCUT2D eigenvalue weighted by molar-refractivity contribution is 7.20. The first-order chi connectivity index (χ1) is 23.8. The summed E-state index contributed by atoms with van der Waals surface area (Å²) in [6.45, 7) is 0. The Morgan fingerprint density at radius 1 is 0.688 bits per heavy atom. The van der Waals surface area contributed by atoms with E-state index < -0.39 is 0 Å². The molecule has 7 aliphatic rings. The van der Waals surface area contributed by atoms with Crippen LogP contribution in [0.25, 0.3) is 44.0 Å². The van der Waals surface area contributed by atoms with Crippen LogP contribution in [0.4, 0.5) is 0 Å². The smallest absolute Gasteiger partial charge is 0.0722 e. The highest BCUT2D eigenvalue weighted by Crippen LogP contribution is 2.68. The van der Waals surface area contributed by atoms with Crippen LogP contribution in [0, 0.1) is 11.8 Å². The Balaban J connectivity index is 1.17. The van der Waals surface area contributed by atoms with E-state index in [0.717, 1.165) is 25.7 Å². The van der Waals surface area contributed by atoms with Gasteiger partial charge in [0.05, 0.1) is 5.41 Å². The summed E-state index contributed by atoms with van der Waals surface area (Å²) in [6.07, 6.45) is 24.0. The molecule has 0 N–H and O–H groups in total. The topological polar surface area (TPSA) is 0 Å². The monoisotopic (exact) mass is 628 g/mol. The highest BCUT2D eigenvalue weighted by Gasteiger charge is 2.56. The van der Waals surface area contributed by atoms with Gasteiger partial charge in [-0.3, -0.25) is 0 Å². The van der Waals surface area contributed by atoms with E-state index in [1.807, 2.05) is 11.3 Å². The third-order valence-corrected chi connectivity index (χ3v) is 13.7. The lowest BCUT2D eigenvalue weighted by molar-refractivity contribution is 0.625. The lowest BCUT2D eigenvalue weighted by Crippen LogP contribution is -2.29. The zero-order chi connectivity index (χ0) is 31.1. The van der Waals surface area contributed by atoms with E-state index in [0.29, 0.717) is 11.8 Å². The van der Waals surface area contributed by atoms with Gasteiger partial charge in [-0.05, 0) is 127 Å². The number of fused-ring (bicyclic) bond motifs is 15. The normalized spacial score (nSPS) is 24.7. The fourth-order valence-corrected chi connectivity index (χ4v) is 12.0. The van der Waals surface area contributed by atoms with E-state index >= 15 is 0 Å². The second kappa shape index (κ2) is 9.13. The minimum atomic E-state index is -0.347. The Morgan fingerprint density at radius 3 is 2.42 bits per heavy atom. The van der Waals surface area contributed by atoms with Crippen molar-refractivity contribution in [3.8, 4) is 22.3 Å². The van der Waals surface area contributed by atoms with Gasteiger partial charge in [-0.25, -0.2) is 0 Å². The van der Waals surface area contributed by atoms with Crippen LogP contribution in [0.5, 0.6) is 0 Å². The predicted octanol–water partition coefficient (Wildman–Crippen LogP) is 11.9. The summed E-state index contributed by atoms with van der Waals surface area (Å²) < 4.78 is 1.43. The third-order valence-electron chi connectivity index (χ3n) is 12.4. The van der Waals surface area contributed by atoms with Crippen molar-refractivity contribution in [2.24, 2.45) is 11.8 Å². The molecule has 4 aromatic carbocycles. The first-order valence-corrected chi connectivity index (χ1v) is 18.4. The van der Waals surface area contributed by atoms with Gasteiger partial charge in [0.1, 0.15) is 0 Å². The first kappa shape index (κ1) is 26.0. The van der Waals surface area contributed by atoms with Crippen LogP contribution in [-0.4, -0.2) is 0 Å². The Hall–Kier alpha value is -4.98. The van der Waals surface area contributed by atoms with Gasteiger partial charge in [0.15, 0.2) is 0 Å². The van der Waals surface area contributed by atoms with E-state index in [1.54, 1.807) is 11.1 Å². The highest BCUT2D eigenvalue weighted by atomic mass is 32.1. The molecule has 0 radical (unpaired) electrons. The molecule has 0 nitrogen and oxygen atoms in total. The summed E-state index contributed by atoms with van der Waals surface area (Å²) >= 11 is 1.97. The zero-order valence-electron chi connectivity index (χ0n) is 26.6. The number of benzene rings is 4. The molecule has 2 unspecified atom stereocenters. The molecule has 3 atom stereocenters. The van der Waals surface area contributed by atoms with E-state index in [2.05, 4.69) is 134 Å². The Morgan fingerprint density at radius 2 is 1.48 bits per heavy atom. The summed E-state index contributed by atoms with van der Waals surface area (Å²) in [5.41, 5.74) is 21.6. The molecule has 1 heteroatoms. The number of thiophene rings is 1. The Kier molecular flexibility index (Phi) is 4.95. The number of hydrogen-bond acceptors (Lipinski definition) is 1. The maximum atomic E-state index is 2.68. The van der Waals surface area contributed by atoms with Gasteiger partial charge in [0.2, 0.25) is 0 Å². The summed E-state index contributed by atoms with van der Waals surface area (Å²) in [7, 11) is 0. The van der Waals surface area contributed by atoms with Crippen LogP contribution in [0.15, 0.2) is 155 Å². The number of allylic oxidation sites excluding steroid dienone is 13. The maximum absolute atomic E-state index is 2.68. The van der Waals surface area contributed by atoms with Crippen LogP contribution >= 0.6 is 11.3 Å². The fraction of sp³-hybridized carbons (Fsp3) is 0.149. The number of hydrogen-bond donors (Lipinski definition) is 0. The second-order valence-electron chi connectivity index (χ2n) is 14.4. The Labute approximate surface area is 285 Å². The molecular weight excluding hydrogens is 597 g/mol. The molecular formula is C47H32S. The molecule has 12 rings (SSSR count). The van der Waals surface area contributed by atoms with Crippen molar-refractivity contribution in [2.45, 2.75) is 31.1 Å². The van der Waals surface area contributed by atoms with Gasteiger partial charge in [0, 0.05) is 21.4 Å². The molecule has 0 amide bonds. The first-order valence-electron chi connectivity index (χ1n) is 17.6. The van der Waals surface area contributed by atoms with Crippen molar-refractivity contribution in [1.29, 1.82) is 0 Å². The molecule has 0 bridgehead atoms. The third kappa shape index (κ3) is 3.00. The molecule has 1 aromatic heterocycles. The summed E-state index contributed by atoms with van der Waals surface area (Å²) in [5, 5.41) is 1.44. The fourth-order valence-electron chi connectivity index (χ4n) is 10.7. The van der Waals surface area contributed by atoms with Crippen molar-refractivity contribution in [3.63, 3.8) is 0 Å². The minimum Gasteiger partial charge on any atom is -0.135 e. The molecule has 0 aliphatic heterocycles. The zero-order valence-corrected chi connectivity index (χ0v) is 27.4. The van der Waals surface area contributed by atoms with Crippen molar-refractivity contribution in [1.82, 2.24) is 0 Å². The van der Waals surface area contributed by atoms with Crippen molar-refractivity contribution in [3.05, 3.63) is 188 Å². The summed E-state index contributed by atoms with van der Waals surface area (Å²) in [5.74, 6) is 0.766. The SMILES string of the molecule is C1=C[C@H]2C3=C(C=C4C5=C(C=CCC5)C(=C1)C42)C1(c2ccccc23)c2ccccc2-c2ccc(-c3cccc4c5c(sc34)C=CCC5)cc21. The van der Waals surface area contributed by atoms with Crippen molar-refractivity contribution >= 4 is 33.1 Å². The van der Waals surface area contributed by atoms with Gasteiger partial charge in [-0.15, -0.1) is 11.3 Å². The van der Waals surface area contributed by atoms with Crippen LogP contribution in [0.1, 0.15) is 52.0 Å². The average molecular weight is 629 g/mol. The number of aryl methyl sites for hydroxylation is 1. The van der Waals surface area contributed by atoms with E-state index in [1.165, 1.54) is 87.3 Å². The number of rotatable bonds is 1. The van der Waals surface area contributed by atoms with Gasteiger partial charge in [-0.1, -0.05) is 121 Å². The molecule has 0 saturated carbocycles.